The van der Waals surface area contributed by atoms with Crippen LogP contribution in [-0.2, 0) is 6.42 Å². The molecule has 0 aromatic carbocycles. The largest absolute Gasteiger partial charge is 0.469 e. The fraction of sp³-hybridized carbons (Fsp3) is 0.600. The second kappa shape index (κ2) is 6.92. The minimum absolute atomic E-state index is 0.303. The summed E-state index contributed by atoms with van der Waals surface area (Å²) in [7, 11) is 0. The molecule has 3 nitrogen and oxygen atoms in total. The number of nitrogens with two attached hydrogens (primary N) is 1. The summed E-state index contributed by atoms with van der Waals surface area (Å²) in [6.45, 7) is 2.18. The number of furan rings is 1. The minimum Gasteiger partial charge on any atom is -0.469 e. The molecule has 1 heterocycles. The number of hydrazine groups is 1. The van der Waals surface area contributed by atoms with Crippen molar-refractivity contribution in [2.45, 2.75) is 25.8 Å². The Balaban J connectivity index is 2.24. The zero-order valence-electron chi connectivity index (χ0n) is 8.53. The van der Waals surface area contributed by atoms with Gasteiger partial charge in [-0.15, -0.1) is 0 Å². The van der Waals surface area contributed by atoms with Crippen LogP contribution in [0.3, 0.4) is 0 Å². The van der Waals surface area contributed by atoms with Crippen molar-refractivity contribution in [1.29, 1.82) is 0 Å². The lowest BCUT2D eigenvalue weighted by Gasteiger charge is -2.13. The number of thioether (sulfide) groups is 1. The molecule has 0 fully saturated rings. The van der Waals surface area contributed by atoms with Gasteiger partial charge < -0.3 is 4.42 Å². The summed E-state index contributed by atoms with van der Waals surface area (Å²) < 4.78 is 5.27. The monoisotopic (exact) mass is 214 g/mol. The predicted molar refractivity (Wildman–Crippen MR) is 61.1 cm³/mol. The zero-order valence-corrected chi connectivity index (χ0v) is 9.35. The summed E-state index contributed by atoms with van der Waals surface area (Å²) in [5, 5.41) is 0. The second-order valence-electron chi connectivity index (χ2n) is 3.22. The molecule has 0 aliphatic heterocycles. The van der Waals surface area contributed by atoms with E-state index in [1.165, 1.54) is 12.2 Å². The number of hydrogen-bond donors (Lipinski definition) is 2. The quantitative estimate of drug-likeness (QED) is 0.413. The zero-order chi connectivity index (χ0) is 10.2. The Morgan fingerprint density at radius 3 is 3.07 bits per heavy atom. The first kappa shape index (κ1) is 11.6. The van der Waals surface area contributed by atoms with Gasteiger partial charge in [0.05, 0.1) is 6.26 Å². The highest BCUT2D eigenvalue weighted by atomic mass is 32.2. The third kappa shape index (κ3) is 4.17. The van der Waals surface area contributed by atoms with E-state index in [-0.39, 0.29) is 0 Å². The fourth-order valence-electron chi connectivity index (χ4n) is 1.21. The molecule has 0 spiro atoms. The van der Waals surface area contributed by atoms with E-state index in [2.05, 4.69) is 12.3 Å². The lowest BCUT2D eigenvalue weighted by molar-refractivity contribution is 0.465. The molecular formula is C10H18N2OS. The standard InChI is InChI=1S/C10H18N2OS/c1-2-6-14-8-9(12-11)7-10-4-3-5-13-10/h3-5,9,12H,2,6-8,11H2,1H3. The Bertz CT molecular complexity index is 226. The molecule has 1 aromatic heterocycles. The van der Waals surface area contributed by atoms with E-state index in [0.29, 0.717) is 6.04 Å². The molecule has 3 N–H and O–H groups in total. The second-order valence-corrected chi connectivity index (χ2v) is 4.37. The van der Waals surface area contributed by atoms with Gasteiger partial charge in [0.15, 0.2) is 0 Å². The van der Waals surface area contributed by atoms with Crippen LogP contribution in [0.4, 0.5) is 0 Å². The maximum atomic E-state index is 5.47. The van der Waals surface area contributed by atoms with Crippen molar-refractivity contribution in [3.05, 3.63) is 24.2 Å². The van der Waals surface area contributed by atoms with E-state index >= 15 is 0 Å². The Hall–Kier alpha value is -0.450. The molecule has 1 rings (SSSR count). The van der Waals surface area contributed by atoms with Gasteiger partial charge in [0.1, 0.15) is 5.76 Å². The third-order valence-electron chi connectivity index (χ3n) is 1.93. The molecule has 0 aliphatic carbocycles. The Morgan fingerprint density at radius 1 is 1.64 bits per heavy atom. The van der Waals surface area contributed by atoms with Crippen molar-refractivity contribution < 1.29 is 4.42 Å². The van der Waals surface area contributed by atoms with E-state index in [4.69, 9.17) is 10.3 Å². The predicted octanol–water partition coefficient (Wildman–Crippen LogP) is 1.80. The van der Waals surface area contributed by atoms with Crippen LogP contribution >= 0.6 is 11.8 Å². The minimum atomic E-state index is 0.303. The van der Waals surface area contributed by atoms with Crippen LogP contribution in [0.1, 0.15) is 19.1 Å². The summed E-state index contributed by atoms with van der Waals surface area (Å²) >= 11 is 1.92. The van der Waals surface area contributed by atoms with Crippen molar-refractivity contribution >= 4 is 11.8 Å². The third-order valence-corrected chi connectivity index (χ3v) is 3.27. The molecule has 0 aliphatic rings. The van der Waals surface area contributed by atoms with Crippen LogP contribution in [-0.4, -0.2) is 17.5 Å². The van der Waals surface area contributed by atoms with Crippen LogP contribution in [0.5, 0.6) is 0 Å². The van der Waals surface area contributed by atoms with Gasteiger partial charge in [0.25, 0.3) is 0 Å². The van der Waals surface area contributed by atoms with Gasteiger partial charge in [0.2, 0.25) is 0 Å². The van der Waals surface area contributed by atoms with E-state index in [1.54, 1.807) is 6.26 Å². The molecule has 1 aromatic rings. The Kier molecular flexibility index (Phi) is 5.75. The molecule has 0 radical (unpaired) electrons. The van der Waals surface area contributed by atoms with Crippen molar-refractivity contribution in [2.75, 3.05) is 11.5 Å². The first-order chi connectivity index (χ1) is 6.86. The topological polar surface area (TPSA) is 51.2 Å². The normalized spacial score (nSPS) is 13.0. The van der Waals surface area contributed by atoms with Crippen molar-refractivity contribution in [3.8, 4) is 0 Å². The number of nitrogens with one attached hydrogen (secondary N) is 1. The smallest absolute Gasteiger partial charge is 0.105 e. The molecule has 1 unspecified atom stereocenters. The highest BCUT2D eigenvalue weighted by Gasteiger charge is 2.08. The van der Waals surface area contributed by atoms with Gasteiger partial charge >= 0.3 is 0 Å². The molecule has 14 heavy (non-hydrogen) atoms. The summed E-state index contributed by atoms with van der Waals surface area (Å²) in [6, 6.07) is 4.19. The first-order valence-electron chi connectivity index (χ1n) is 4.93. The van der Waals surface area contributed by atoms with Gasteiger partial charge in [0, 0.05) is 18.2 Å². The van der Waals surface area contributed by atoms with Crippen LogP contribution in [0, 0.1) is 0 Å². The van der Waals surface area contributed by atoms with Gasteiger partial charge in [-0.25, -0.2) is 0 Å². The molecule has 0 saturated heterocycles. The Labute approximate surface area is 89.4 Å². The summed E-state index contributed by atoms with van der Waals surface area (Å²) in [4.78, 5) is 0. The van der Waals surface area contributed by atoms with Gasteiger partial charge in [-0.1, -0.05) is 6.92 Å². The van der Waals surface area contributed by atoms with E-state index in [9.17, 15) is 0 Å². The highest BCUT2D eigenvalue weighted by Crippen LogP contribution is 2.09. The van der Waals surface area contributed by atoms with Crippen LogP contribution in [0.2, 0.25) is 0 Å². The average Bonchev–Trinajstić information content (AvgIpc) is 2.69. The molecule has 4 heteroatoms. The van der Waals surface area contributed by atoms with Crippen LogP contribution in [0.15, 0.2) is 22.8 Å². The van der Waals surface area contributed by atoms with Gasteiger partial charge in [-0.3, -0.25) is 11.3 Å². The first-order valence-corrected chi connectivity index (χ1v) is 6.08. The highest BCUT2D eigenvalue weighted by molar-refractivity contribution is 7.99. The molecule has 80 valence electrons. The maximum absolute atomic E-state index is 5.47. The van der Waals surface area contributed by atoms with E-state index in [1.807, 2.05) is 23.9 Å². The fourth-order valence-corrected chi connectivity index (χ4v) is 2.16. The summed E-state index contributed by atoms with van der Waals surface area (Å²) in [6.07, 6.45) is 3.77. The van der Waals surface area contributed by atoms with Crippen molar-refractivity contribution in [3.63, 3.8) is 0 Å². The summed E-state index contributed by atoms with van der Waals surface area (Å²) in [5.41, 5.74) is 2.82. The average molecular weight is 214 g/mol. The number of rotatable bonds is 7. The van der Waals surface area contributed by atoms with E-state index in [0.717, 1.165) is 17.9 Å². The molecule has 0 saturated carbocycles. The van der Waals surface area contributed by atoms with Gasteiger partial charge in [-0.05, 0) is 24.3 Å². The van der Waals surface area contributed by atoms with Crippen molar-refractivity contribution in [2.24, 2.45) is 5.84 Å². The SMILES string of the molecule is CCCSCC(Cc1ccco1)NN. The maximum Gasteiger partial charge on any atom is 0.105 e. The lowest BCUT2D eigenvalue weighted by atomic mass is 10.2. The Morgan fingerprint density at radius 2 is 2.50 bits per heavy atom. The van der Waals surface area contributed by atoms with Gasteiger partial charge in [-0.2, -0.15) is 11.8 Å². The molecule has 0 amide bonds. The molecular weight excluding hydrogens is 196 g/mol. The molecule has 0 bridgehead atoms. The van der Waals surface area contributed by atoms with Crippen molar-refractivity contribution in [1.82, 2.24) is 5.43 Å². The molecule has 1 atom stereocenters. The summed E-state index contributed by atoms with van der Waals surface area (Å²) in [5.74, 6) is 8.68. The lowest BCUT2D eigenvalue weighted by Crippen LogP contribution is -2.38. The van der Waals surface area contributed by atoms with E-state index < -0.39 is 0 Å². The van der Waals surface area contributed by atoms with Crippen LogP contribution in [0.25, 0.3) is 0 Å². The number of hydrogen-bond acceptors (Lipinski definition) is 4. The van der Waals surface area contributed by atoms with Crippen LogP contribution < -0.4 is 11.3 Å².